The van der Waals surface area contributed by atoms with Crippen molar-refractivity contribution in [2.24, 2.45) is 11.7 Å². The number of esters is 1. The van der Waals surface area contributed by atoms with Crippen LogP contribution in [0.3, 0.4) is 0 Å². The van der Waals surface area contributed by atoms with Crippen LogP contribution >= 0.6 is 0 Å². The molecule has 0 aliphatic rings. The van der Waals surface area contributed by atoms with Crippen molar-refractivity contribution in [1.29, 1.82) is 0 Å². The van der Waals surface area contributed by atoms with E-state index in [-0.39, 0.29) is 6.42 Å². The third-order valence-electron chi connectivity index (χ3n) is 2.72. The number of nitrogens with two attached hydrogens (primary N) is 1. The van der Waals surface area contributed by atoms with Crippen molar-refractivity contribution in [3.63, 3.8) is 0 Å². The van der Waals surface area contributed by atoms with Crippen molar-refractivity contribution in [1.82, 2.24) is 0 Å². The zero-order valence-corrected chi connectivity index (χ0v) is 10.4. The molecule has 16 heavy (non-hydrogen) atoms. The number of hydrogen-bond donors (Lipinski definition) is 2. The summed E-state index contributed by atoms with van der Waals surface area (Å²) in [5.74, 6) is -0.130. The summed E-state index contributed by atoms with van der Waals surface area (Å²) in [5.41, 5.74) is 5.25. The molecule has 0 aliphatic carbocycles. The molecule has 0 aromatic heterocycles. The first kappa shape index (κ1) is 15.4. The quantitative estimate of drug-likeness (QED) is 0.589. The minimum absolute atomic E-state index is 0.268. The lowest BCUT2D eigenvalue weighted by molar-refractivity contribution is -0.155. The van der Waals surface area contributed by atoms with Gasteiger partial charge in [-0.1, -0.05) is 33.1 Å². The van der Waals surface area contributed by atoms with Crippen LogP contribution in [-0.2, 0) is 9.53 Å². The summed E-state index contributed by atoms with van der Waals surface area (Å²) < 4.78 is 5.06. The molecular weight excluding hydrogens is 206 g/mol. The van der Waals surface area contributed by atoms with Gasteiger partial charge in [0.2, 0.25) is 0 Å². The molecule has 4 heteroatoms. The maximum Gasteiger partial charge on any atom is 0.335 e. The number of aliphatic hydroxyl groups is 1. The first-order chi connectivity index (χ1) is 7.65. The predicted molar refractivity (Wildman–Crippen MR) is 63.9 cm³/mol. The van der Waals surface area contributed by atoms with Crippen molar-refractivity contribution in [3.8, 4) is 0 Å². The lowest BCUT2D eigenvalue weighted by Crippen LogP contribution is -2.27. The molecule has 0 heterocycles. The van der Waals surface area contributed by atoms with Gasteiger partial charge in [-0.15, -0.1) is 0 Å². The number of rotatable bonds is 9. The van der Waals surface area contributed by atoms with Crippen LogP contribution in [0.1, 0.15) is 46.0 Å². The van der Waals surface area contributed by atoms with E-state index in [1.807, 2.05) is 0 Å². The lowest BCUT2D eigenvalue weighted by Gasteiger charge is -2.16. The van der Waals surface area contributed by atoms with Crippen molar-refractivity contribution >= 4 is 5.97 Å². The second-order valence-corrected chi connectivity index (χ2v) is 4.14. The van der Waals surface area contributed by atoms with Gasteiger partial charge in [0.25, 0.3) is 0 Å². The zero-order chi connectivity index (χ0) is 12.4. The van der Waals surface area contributed by atoms with Crippen molar-refractivity contribution in [2.75, 3.05) is 13.2 Å². The predicted octanol–water partition coefficient (Wildman–Crippen LogP) is 1.46. The maximum absolute atomic E-state index is 11.3. The highest BCUT2D eigenvalue weighted by atomic mass is 16.5. The topological polar surface area (TPSA) is 72.5 Å². The SMILES string of the molecule is CCCCC(CC)COC(=O)C(O)CCN. The van der Waals surface area contributed by atoms with E-state index < -0.39 is 12.1 Å². The van der Waals surface area contributed by atoms with Crippen LogP contribution in [0.2, 0.25) is 0 Å². The molecule has 96 valence electrons. The van der Waals surface area contributed by atoms with E-state index in [2.05, 4.69) is 13.8 Å². The largest absolute Gasteiger partial charge is 0.463 e. The van der Waals surface area contributed by atoms with Crippen LogP contribution in [0.4, 0.5) is 0 Å². The Morgan fingerprint density at radius 3 is 2.56 bits per heavy atom. The van der Waals surface area contributed by atoms with Gasteiger partial charge in [-0.25, -0.2) is 4.79 Å². The fraction of sp³-hybridized carbons (Fsp3) is 0.917. The van der Waals surface area contributed by atoms with E-state index in [1.165, 1.54) is 0 Å². The molecule has 0 rings (SSSR count). The Morgan fingerprint density at radius 1 is 1.38 bits per heavy atom. The fourth-order valence-corrected chi connectivity index (χ4v) is 1.47. The standard InChI is InChI=1S/C12H25NO3/c1-3-5-6-10(4-2)9-16-12(15)11(14)7-8-13/h10-11,14H,3-9,13H2,1-2H3. The summed E-state index contributed by atoms with van der Waals surface area (Å²) in [7, 11) is 0. The Morgan fingerprint density at radius 2 is 2.06 bits per heavy atom. The van der Waals surface area contributed by atoms with Crippen LogP contribution in [0.25, 0.3) is 0 Å². The highest BCUT2D eigenvalue weighted by Crippen LogP contribution is 2.13. The third-order valence-corrected chi connectivity index (χ3v) is 2.72. The molecule has 3 N–H and O–H groups in total. The molecule has 0 aromatic carbocycles. The second-order valence-electron chi connectivity index (χ2n) is 4.14. The van der Waals surface area contributed by atoms with E-state index in [4.69, 9.17) is 10.5 Å². The molecule has 0 aliphatic heterocycles. The highest BCUT2D eigenvalue weighted by Gasteiger charge is 2.17. The molecule has 0 saturated carbocycles. The molecule has 4 nitrogen and oxygen atoms in total. The minimum Gasteiger partial charge on any atom is -0.463 e. The zero-order valence-electron chi connectivity index (χ0n) is 10.4. The first-order valence-corrected chi connectivity index (χ1v) is 6.20. The Bertz CT molecular complexity index is 185. The van der Waals surface area contributed by atoms with Gasteiger partial charge >= 0.3 is 5.97 Å². The van der Waals surface area contributed by atoms with Gasteiger partial charge in [0.05, 0.1) is 6.61 Å². The summed E-state index contributed by atoms with van der Waals surface area (Å²) in [5, 5.41) is 9.32. The molecule has 0 amide bonds. The van der Waals surface area contributed by atoms with Crippen LogP contribution in [-0.4, -0.2) is 30.3 Å². The summed E-state index contributed by atoms with van der Waals surface area (Å²) >= 11 is 0. The van der Waals surface area contributed by atoms with Gasteiger partial charge in [0.1, 0.15) is 0 Å². The van der Waals surface area contributed by atoms with Gasteiger partial charge in [-0.05, 0) is 25.3 Å². The maximum atomic E-state index is 11.3. The average molecular weight is 231 g/mol. The number of ether oxygens (including phenoxy) is 1. The number of unbranched alkanes of at least 4 members (excludes halogenated alkanes) is 1. The average Bonchev–Trinajstić information content (AvgIpc) is 2.29. The van der Waals surface area contributed by atoms with Gasteiger partial charge in [0.15, 0.2) is 6.10 Å². The minimum atomic E-state index is -1.06. The number of carbonyl (C=O) groups is 1. The Balaban J connectivity index is 3.78. The van der Waals surface area contributed by atoms with E-state index in [9.17, 15) is 9.90 Å². The summed E-state index contributed by atoms with van der Waals surface area (Å²) in [6.07, 6.45) is 3.59. The number of carbonyl (C=O) groups excluding carboxylic acids is 1. The molecule has 0 radical (unpaired) electrons. The van der Waals surface area contributed by atoms with E-state index >= 15 is 0 Å². The number of aliphatic hydroxyl groups excluding tert-OH is 1. The normalized spacial score (nSPS) is 14.5. The van der Waals surface area contributed by atoms with E-state index in [0.717, 1.165) is 25.7 Å². The Hall–Kier alpha value is -0.610. The van der Waals surface area contributed by atoms with E-state index in [1.54, 1.807) is 0 Å². The van der Waals surface area contributed by atoms with Gasteiger partial charge in [0, 0.05) is 0 Å². The first-order valence-electron chi connectivity index (χ1n) is 6.20. The lowest BCUT2D eigenvalue weighted by atomic mass is 10.0. The second kappa shape index (κ2) is 9.60. The monoisotopic (exact) mass is 231 g/mol. The van der Waals surface area contributed by atoms with Crippen molar-refractivity contribution < 1.29 is 14.6 Å². The summed E-state index contributed by atoms with van der Waals surface area (Å²) in [6.45, 7) is 4.94. The Kier molecular flexibility index (Phi) is 9.24. The third kappa shape index (κ3) is 6.80. The molecule has 0 aromatic rings. The fourth-order valence-electron chi connectivity index (χ4n) is 1.47. The molecule has 2 atom stereocenters. The molecule has 2 unspecified atom stereocenters. The van der Waals surface area contributed by atoms with Gasteiger partial charge in [-0.3, -0.25) is 0 Å². The molecule has 0 bridgehead atoms. The van der Waals surface area contributed by atoms with Crippen LogP contribution < -0.4 is 5.73 Å². The molecule has 0 fully saturated rings. The van der Waals surface area contributed by atoms with E-state index in [0.29, 0.717) is 19.1 Å². The summed E-state index contributed by atoms with van der Waals surface area (Å²) in [4.78, 5) is 11.3. The molecule has 0 spiro atoms. The summed E-state index contributed by atoms with van der Waals surface area (Å²) in [6, 6.07) is 0. The van der Waals surface area contributed by atoms with Crippen molar-refractivity contribution in [2.45, 2.75) is 52.1 Å². The van der Waals surface area contributed by atoms with Crippen LogP contribution in [0, 0.1) is 5.92 Å². The highest BCUT2D eigenvalue weighted by molar-refractivity contribution is 5.74. The van der Waals surface area contributed by atoms with Gasteiger partial charge < -0.3 is 15.6 Å². The van der Waals surface area contributed by atoms with Crippen LogP contribution in [0.15, 0.2) is 0 Å². The Labute approximate surface area is 98.2 Å². The smallest absolute Gasteiger partial charge is 0.335 e. The molecule has 0 saturated heterocycles. The van der Waals surface area contributed by atoms with Gasteiger partial charge in [-0.2, -0.15) is 0 Å². The number of hydrogen-bond acceptors (Lipinski definition) is 4. The van der Waals surface area contributed by atoms with Crippen LogP contribution in [0.5, 0.6) is 0 Å². The molecular formula is C12H25NO3. The van der Waals surface area contributed by atoms with Crippen molar-refractivity contribution in [3.05, 3.63) is 0 Å².